The average Bonchev–Trinajstić information content (AvgIpc) is 0.694. The second-order valence-corrected chi connectivity index (χ2v) is 28.5. The summed E-state index contributed by atoms with van der Waals surface area (Å²) >= 11 is 0. The normalized spacial score (nSPS) is 54.8. The maximum atomic E-state index is 15.1. The van der Waals surface area contributed by atoms with E-state index in [1.807, 2.05) is 6.92 Å². The first-order valence-electron chi connectivity index (χ1n) is 30.8. The lowest BCUT2D eigenvalue weighted by molar-refractivity contribution is -0.383. The molecule has 16 N–H and O–H groups in total. The van der Waals surface area contributed by atoms with E-state index >= 15 is 4.79 Å². The first kappa shape index (κ1) is 67.1. The molecule has 86 heavy (non-hydrogen) atoms. The van der Waals surface area contributed by atoms with Gasteiger partial charge in [-0.15, -0.1) is 0 Å². The summed E-state index contributed by atoms with van der Waals surface area (Å²) in [4.78, 5) is 15.1. The molecule has 5 saturated heterocycles. The van der Waals surface area contributed by atoms with Gasteiger partial charge in [-0.25, -0.2) is 0 Å². The van der Waals surface area contributed by atoms with Gasteiger partial charge < -0.3 is 129 Å². The van der Waals surface area contributed by atoms with Crippen molar-refractivity contribution in [3.05, 3.63) is 11.6 Å². The fourth-order valence-corrected chi connectivity index (χ4v) is 17.7. The molecule has 0 radical (unpaired) electrons. The van der Waals surface area contributed by atoms with Crippen LogP contribution in [0.25, 0.3) is 0 Å². The topological polar surface area (TPSA) is 433 Å². The zero-order valence-corrected chi connectivity index (χ0v) is 50.0. The summed E-state index contributed by atoms with van der Waals surface area (Å²) in [6.07, 6.45) is -31.7. The van der Waals surface area contributed by atoms with Crippen molar-refractivity contribution in [3.63, 3.8) is 0 Å². The van der Waals surface area contributed by atoms with Crippen molar-refractivity contribution in [2.75, 3.05) is 33.0 Å². The molecule has 0 aromatic heterocycles. The van der Waals surface area contributed by atoms with Crippen LogP contribution in [0.2, 0.25) is 0 Å². The van der Waals surface area contributed by atoms with Crippen LogP contribution in [-0.4, -0.2) is 274 Å². The fourth-order valence-electron chi connectivity index (χ4n) is 17.7. The van der Waals surface area contributed by atoms with E-state index in [2.05, 4.69) is 40.7 Å². The van der Waals surface area contributed by atoms with Crippen molar-refractivity contribution in [3.8, 4) is 0 Å². The smallest absolute Gasteiger partial charge is 0.315 e. The summed E-state index contributed by atoms with van der Waals surface area (Å²) in [5.41, 5.74) is -2.07. The number of hydrogen-bond donors (Lipinski definition) is 16. The van der Waals surface area contributed by atoms with Gasteiger partial charge in [0.15, 0.2) is 25.2 Å². The van der Waals surface area contributed by atoms with E-state index in [0.29, 0.717) is 57.8 Å². The molecule has 27 nitrogen and oxygen atoms in total. The highest BCUT2D eigenvalue weighted by atomic mass is 16.8. The molecular formula is C59H96O27. The third kappa shape index (κ3) is 11.1. The summed E-state index contributed by atoms with van der Waals surface area (Å²) in [6.45, 7) is 11.8. The number of carbonyl (C=O) groups excluding carboxylic acids is 1. The SMILES string of the molecule is C[C@@H]1O[C@@H](O[C@H]2[C@H](O[C@H]3CC[C@@]4(C)[C@@H](CC[C@]5(C)[C@@H]4CC=C4[C@@H]6CC(C)(C)CC[C@]6(C(=O)O[C@@H]6O[C@H](CO)[C@@H](O[C@@H]7O[C@H](CO)[C@@H](O)[C@H](O)[C@H]7O)[C@H](O)[C@H]6O)CC[C@]45C)[C@]3(C)CO)OC[C@H](O)[C@@H]2O)[C@H](O)[C@H](O[C@@H]2O[C@H](CO)[C@@H](O)[C@H](O)[C@H]2O)[C@H]1O. The van der Waals surface area contributed by atoms with Gasteiger partial charge in [0.05, 0.1) is 50.7 Å². The lowest BCUT2D eigenvalue weighted by Crippen LogP contribution is -2.67. The van der Waals surface area contributed by atoms with Crippen LogP contribution >= 0.6 is 0 Å². The Balaban J connectivity index is 0.850. The predicted octanol–water partition coefficient (Wildman–Crippen LogP) is -3.57. The number of aliphatic hydroxyl groups is 16. The quantitative estimate of drug-likeness (QED) is 0.0454. The van der Waals surface area contributed by atoms with Crippen LogP contribution in [0.15, 0.2) is 11.6 Å². The van der Waals surface area contributed by atoms with Crippen LogP contribution in [-0.2, 0) is 52.2 Å². The van der Waals surface area contributed by atoms with Gasteiger partial charge >= 0.3 is 5.97 Å². The molecular weight excluding hydrogens is 1140 g/mol. The number of ether oxygens (including phenoxy) is 10. The highest BCUT2D eigenvalue weighted by Gasteiger charge is 2.71. The van der Waals surface area contributed by atoms with E-state index < -0.39 is 196 Å². The van der Waals surface area contributed by atoms with E-state index in [-0.39, 0.29) is 47.2 Å². The lowest BCUT2D eigenvalue weighted by Gasteiger charge is -2.71. The molecule has 0 unspecified atom stereocenters. The van der Waals surface area contributed by atoms with Crippen molar-refractivity contribution >= 4 is 5.97 Å². The van der Waals surface area contributed by atoms with Gasteiger partial charge in [0.25, 0.3) is 0 Å². The van der Waals surface area contributed by atoms with Crippen LogP contribution in [0.3, 0.4) is 0 Å². The van der Waals surface area contributed by atoms with Crippen molar-refractivity contribution in [2.24, 2.45) is 50.2 Å². The fraction of sp³-hybridized carbons (Fsp3) is 0.949. The first-order valence-corrected chi connectivity index (χ1v) is 30.8. The highest BCUT2D eigenvalue weighted by Crippen LogP contribution is 2.76. The zero-order valence-electron chi connectivity index (χ0n) is 50.0. The minimum atomic E-state index is -1.91. The molecule has 10 aliphatic rings. The predicted molar refractivity (Wildman–Crippen MR) is 289 cm³/mol. The third-order valence-corrected chi connectivity index (χ3v) is 23.3. The van der Waals surface area contributed by atoms with E-state index in [9.17, 15) is 81.7 Å². The molecule has 4 saturated carbocycles. The Labute approximate surface area is 499 Å². The first-order chi connectivity index (χ1) is 40.4. The van der Waals surface area contributed by atoms with E-state index in [1.165, 1.54) is 12.5 Å². The van der Waals surface area contributed by atoms with E-state index in [0.717, 1.165) is 6.42 Å². The molecule has 494 valence electrons. The van der Waals surface area contributed by atoms with Gasteiger partial charge in [-0.3, -0.25) is 4.79 Å². The molecule has 27 heteroatoms. The van der Waals surface area contributed by atoms with Crippen LogP contribution in [0, 0.1) is 50.2 Å². The standard InChI is InChI=1S/C59H96O27/c1-24-34(65)46(84-49-42(73)39(70)37(68)29(20-61)80-49)44(75)51(78-24)85-47-35(66)27(64)22-77-52(47)82-33-11-12-55(4)31(56(33,5)23-63)10-13-58(7)32(55)9-8-25-26-18-54(2,3)14-16-59(26,17-15-57(25,58)6)53(76)86-50-43(74)40(71)45(30(21-62)81-50)83-48-41(72)38(69)36(67)28(19-60)79-48/h8,24,26-52,60-75H,9-23H2,1-7H3/t24-,26-,27-,28+,29+,30+,31+,32+,33-,34-,35-,36+,37+,38-,39-,40+,41+,42+,43+,44+,45+,46+,47+,48-,49-,50-,51-,52-,55-,56-,57+,58+,59-/m0/s1. The average molecular weight is 1240 g/mol. The molecule has 0 spiro atoms. The molecule has 0 aromatic rings. The molecule has 0 bridgehead atoms. The maximum Gasteiger partial charge on any atom is 0.315 e. The largest absolute Gasteiger partial charge is 0.432 e. The van der Waals surface area contributed by atoms with E-state index in [1.54, 1.807) is 0 Å². The zero-order chi connectivity index (χ0) is 62.7. The van der Waals surface area contributed by atoms with Crippen LogP contribution in [0.4, 0.5) is 0 Å². The molecule has 0 amide bonds. The molecule has 5 heterocycles. The number of hydrogen-bond acceptors (Lipinski definition) is 27. The molecule has 10 rings (SSSR count). The summed E-state index contributed by atoms with van der Waals surface area (Å²) in [7, 11) is 0. The minimum Gasteiger partial charge on any atom is -0.432 e. The summed E-state index contributed by atoms with van der Waals surface area (Å²) in [5, 5.41) is 173. The molecule has 9 fully saturated rings. The van der Waals surface area contributed by atoms with Gasteiger partial charge in [0.1, 0.15) is 110 Å². The van der Waals surface area contributed by atoms with Gasteiger partial charge in [-0.1, -0.05) is 53.2 Å². The molecule has 5 aliphatic carbocycles. The van der Waals surface area contributed by atoms with Crippen LogP contribution < -0.4 is 0 Å². The monoisotopic (exact) mass is 1240 g/mol. The van der Waals surface area contributed by atoms with Gasteiger partial charge in [0, 0.05) is 5.41 Å². The second-order valence-electron chi connectivity index (χ2n) is 28.5. The van der Waals surface area contributed by atoms with Gasteiger partial charge in [-0.2, -0.15) is 0 Å². The summed E-state index contributed by atoms with van der Waals surface area (Å²) in [6, 6.07) is 0. The third-order valence-electron chi connectivity index (χ3n) is 23.3. The Hall–Kier alpha value is -1.79. The van der Waals surface area contributed by atoms with Gasteiger partial charge in [-0.05, 0) is 111 Å². The van der Waals surface area contributed by atoms with Crippen LogP contribution in [0.1, 0.15) is 113 Å². The highest BCUT2D eigenvalue weighted by molar-refractivity contribution is 5.79. The van der Waals surface area contributed by atoms with Crippen molar-refractivity contribution < 1.29 is 134 Å². The second kappa shape index (κ2) is 24.9. The molecule has 5 aliphatic heterocycles. The van der Waals surface area contributed by atoms with Crippen molar-refractivity contribution in [1.82, 2.24) is 0 Å². The Morgan fingerprint density at radius 3 is 1.70 bits per heavy atom. The lowest BCUT2D eigenvalue weighted by atomic mass is 9.33. The number of fused-ring (bicyclic) bond motifs is 7. The summed E-state index contributed by atoms with van der Waals surface area (Å²) < 4.78 is 59.7. The Bertz CT molecular complexity index is 2380. The maximum absolute atomic E-state index is 15.1. The Morgan fingerprint density at radius 2 is 1.09 bits per heavy atom. The Morgan fingerprint density at radius 1 is 0.535 bits per heavy atom. The number of aliphatic hydroxyl groups excluding tert-OH is 16. The Kier molecular flexibility index (Phi) is 19.4. The molecule has 33 atom stereocenters. The van der Waals surface area contributed by atoms with Gasteiger partial charge in [0.2, 0.25) is 6.29 Å². The van der Waals surface area contributed by atoms with E-state index in [4.69, 9.17) is 47.4 Å². The molecule has 0 aromatic carbocycles. The number of carbonyl (C=O) groups is 1. The van der Waals surface area contributed by atoms with Crippen molar-refractivity contribution in [2.45, 2.75) is 266 Å². The summed E-state index contributed by atoms with van der Waals surface area (Å²) in [5.74, 6) is -0.929. The number of rotatable bonds is 14. The minimum absolute atomic E-state index is 0.0885. The van der Waals surface area contributed by atoms with Crippen molar-refractivity contribution in [1.29, 1.82) is 0 Å². The number of allylic oxidation sites excluding steroid dienone is 2. The number of esters is 1. The van der Waals surface area contributed by atoms with Crippen LogP contribution in [0.5, 0.6) is 0 Å².